The van der Waals surface area contributed by atoms with Gasteiger partial charge in [-0.25, -0.2) is 24.7 Å². The van der Waals surface area contributed by atoms with Crippen molar-refractivity contribution in [3.8, 4) is 17.2 Å². The number of hydrogen-bond acceptors (Lipinski definition) is 10. The van der Waals surface area contributed by atoms with Crippen molar-refractivity contribution in [3.63, 3.8) is 0 Å². The third-order valence-corrected chi connectivity index (χ3v) is 7.76. The molecule has 5 aromatic rings. The van der Waals surface area contributed by atoms with Gasteiger partial charge in [0.1, 0.15) is 35.6 Å². The second-order valence-electron chi connectivity index (χ2n) is 12.2. The molecule has 1 saturated heterocycles. The second kappa shape index (κ2) is 10.5. The smallest absolute Gasteiger partial charge is 0.410 e. The minimum Gasteiger partial charge on any atom is -0.487 e. The molecule has 1 atom stereocenters. The van der Waals surface area contributed by atoms with Crippen LogP contribution in [-0.4, -0.2) is 73.4 Å². The maximum atomic E-state index is 12.7. The summed E-state index contributed by atoms with van der Waals surface area (Å²) in [6, 6.07) is 13.6. The van der Waals surface area contributed by atoms with Gasteiger partial charge in [0, 0.05) is 44.5 Å². The van der Waals surface area contributed by atoms with Crippen molar-refractivity contribution in [1.29, 1.82) is 0 Å². The third-order valence-electron chi connectivity index (χ3n) is 7.76. The summed E-state index contributed by atoms with van der Waals surface area (Å²) in [5.41, 5.74) is 4.49. The van der Waals surface area contributed by atoms with E-state index in [1.807, 2.05) is 81.8 Å². The fourth-order valence-electron chi connectivity index (χ4n) is 5.60. The van der Waals surface area contributed by atoms with Crippen LogP contribution in [0.1, 0.15) is 26.3 Å². The number of nitrogens with zero attached hydrogens (tertiary/aromatic N) is 7. The van der Waals surface area contributed by atoms with E-state index in [1.165, 1.54) is 6.33 Å². The van der Waals surface area contributed by atoms with Crippen LogP contribution in [0, 0.1) is 6.92 Å². The highest BCUT2D eigenvalue weighted by Crippen LogP contribution is 2.38. The highest BCUT2D eigenvalue weighted by Gasteiger charge is 2.37. The number of carbonyl (C=O) groups excluding carboxylic acids is 1. The largest absolute Gasteiger partial charge is 0.487 e. The normalized spacial score (nSPS) is 16.3. The molecule has 7 rings (SSSR count). The number of aryl methyl sites for hydroxylation is 2. The van der Waals surface area contributed by atoms with Gasteiger partial charge in [0.2, 0.25) is 0 Å². The van der Waals surface area contributed by atoms with Crippen LogP contribution < -0.4 is 19.7 Å². The molecule has 0 bridgehead atoms. The molecule has 12 nitrogen and oxygen atoms in total. The van der Waals surface area contributed by atoms with E-state index in [0.29, 0.717) is 48.8 Å². The Kier molecular flexibility index (Phi) is 6.64. The Morgan fingerprint density at radius 3 is 2.73 bits per heavy atom. The first-order valence-electron chi connectivity index (χ1n) is 14.6. The average molecular weight is 595 g/mol. The highest BCUT2D eigenvalue weighted by atomic mass is 16.6. The van der Waals surface area contributed by atoms with Crippen LogP contribution in [0.4, 0.5) is 22.1 Å². The first-order chi connectivity index (χ1) is 21.1. The van der Waals surface area contributed by atoms with Crippen LogP contribution in [0.15, 0.2) is 55.1 Å². The maximum absolute atomic E-state index is 12.7. The summed E-state index contributed by atoms with van der Waals surface area (Å²) < 4.78 is 19.9. The number of amides is 1. The van der Waals surface area contributed by atoms with Gasteiger partial charge in [-0.1, -0.05) is 0 Å². The number of carbonyl (C=O) groups is 1. The minimum atomic E-state index is -0.547. The van der Waals surface area contributed by atoms with Crippen LogP contribution >= 0.6 is 0 Å². The lowest BCUT2D eigenvalue weighted by Gasteiger charge is -2.44. The average Bonchev–Trinajstić information content (AvgIpc) is 3.36. The van der Waals surface area contributed by atoms with Gasteiger partial charge in [-0.2, -0.15) is 0 Å². The van der Waals surface area contributed by atoms with Crippen molar-refractivity contribution in [1.82, 2.24) is 29.4 Å². The van der Waals surface area contributed by atoms with Gasteiger partial charge in [-0.3, -0.25) is 0 Å². The Hall–Kier alpha value is -5.13. The predicted octanol–water partition coefficient (Wildman–Crippen LogP) is 5.57. The summed E-state index contributed by atoms with van der Waals surface area (Å²) in [6.07, 6.45) is 3.00. The molecule has 0 saturated carbocycles. The summed E-state index contributed by atoms with van der Waals surface area (Å²) in [4.78, 5) is 35.0. The summed E-state index contributed by atoms with van der Waals surface area (Å²) >= 11 is 0. The van der Waals surface area contributed by atoms with Gasteiger partial charge in [0.15, 0.2) is 17.4 Å². The molecule has 0 radical (unpaired) electrons. The number of pyridine rings is 1. The maximum Gasteiger partial charge on any atom is 0.410 e. The topological polar surface area (TPSA) is 120 Å². The molecule has 2 aromatic carbocycles. The van der Waals surface area contributed by atoms with E-state index in [-0.39, 0.29) is 12.1 Å². The van der Waals surface area contributed by atoms with Gasteiger partial charge in [0.25, 0.3) is 0 Å². The molecular weight excluding hydrogens is 560 g/mol. The molecule has 1 amide bonds. The standard InChI is InChI=1S/C32H34N8O4/c1-19-12-20(6-9-26(19)43-22-7-8-25-23(13-22)35-18-38(25)5)36-29-28-24(33-17-34-29)14-27-30(37-28)40-11-10-39(15-21(40)16-42-27)31(41)44-32(2,3)4/h6-9,12-14,17-18,21H,10-11,15-16H2,1-5H3,(H,33,34,36)/t21-/m1/s1. The van der Waals surface area contributed by atoms with Gasteiger partial charge in [-0.15, -0.1) is 0 Å². The quantitative estimate of drug-likeness (QED) is 0.283. The molecule has 2 aliphatic rings. The molecule has 5 heterocycles. The third kappa shape index (κ3) is 5.27. The number of aromatic nitrogens is 5. The predicted molar refractivity (Wildman–Crippen MR) is 167 cm³/mol. The van der Waals surface area contributed by atoms with Gasteiger partial charge in [-0.05, 0) is 63.6 Å². The lowest BCUT2D eigenvalue weighted by atomic mass is 10.1. The van der Waals surface area contributed by atoms with Gasteiger partial charge in [0.05, 0.1) is 28.9 Å². The number of rotatable bonds is 4. The Balaban J connectivity index is 1.11. The minimum absolute atomic E-state index is 0.0386. The van der Waals surface area contributed by atoms with Crippen molar-refractivity contribution >= 4 is 45.5 Å². The zero-order valence-corrected chi connectivity index (χ0v) is 25.4. The molecule has 0 spiro atoms. The van der Waals surface area contributed by atoms with E-state index in [2.05, 4.69) is 25.2 Å². The van der Waals surface area contributed by atoms with Crippen LogP contribution in [0.2, 0.25) is 0 Å². The fourth-order valence-corrected chi connectivity index (χ4v) is 5.60. The monoisotopic (exact) mass is 594 g/mol. The Morgan fingerprint density at radius 1 is 1.05 bits per heavy atom. The number of imidazole rings is 1. The first kappa shape index (κ1) is 27.7. The number of anilines is 3. The van der Waals surface area contributed by atoms with Crippen molar-refractivity contribution < 1.29 is 19.0 Å². The number of nitrogens with one attached hydrogen (secondary N) is 1. The number of ether oxygens (including phenoxy) is 3. The molecule has 1 fully saturated rings. The van der Waals surface area contributed by atoms with E-state index >= 15 is 0 Å². The van der Waals surface area contributed by atoms with Crippen LogP contribution in [-0.2, 0) is 11.8 Å². The summed E-state index contributed by atoms with van der Waals surface area (Å²) in [7, 11) is 1.97. The SMILES string of the molecule is Cc1cc(Nc2ncnc3cc4c(nc23)N2CCN(C(=O)OC(C)(C)C)C[C@@H]2CO4)ccc1Oc1ccc2c(c1)ncn2C. The highest BCUT2D eigenvalue weighted by molar-refractivity contribution is 5.90. The van der Waals surface area contributed by atoms with Gasteiger partial charge >= 0.3 is 6.09 Å². The van der Waals surface area contributed by atoms with E-state index in [4.69, 9.17) is 19.2 Å². The summed E-state index contributed by atoms with van der Waals surface area (Å²) in [5, 5.41) is 3.42. The van der Waals surface area contributed by atoms with Crippen LogP contribution in [0.25, 0.3) is 22.1 Å². The number of hydrogen-bond donors (Lipinski definition) is 1. The molecular formula is C32H34N8O4. The molecule has 1 N–H and O–H groups in total. The molecule has 44 heavy (non-hydrogen) atoms. The first-order valence-corrected chi connectivity index (χ1v) is 14.6. The Morgan fingerprint density at radius 2 is 1.91 bits per heavy atom. The van der Waals surface area contributed by atoms with Crippen molar-refractivity contribution in [2.45, 2.75) is 39.3 Å². The molecule has 0 aliphatic carbocycles. The molecule has 12 heteroatoms. The molecule has 2 aliphatic heterocycles. The Labute approximate surface area is 254 Å². The molecule has 0 unspecified atom stereocenters. The summed E-state index contributed by atoms with van der Waals surface area (Å²) in [6.45, 7) is 9.70. The van der Waals surface area contributed by atoms with Crippen molar-refractivity contribution in [2.75, 3.05) is 36.5 Å². The zero-order valence-electron chi connectivity index (χ0n) is 25.4. The lowest BCUT2D eigenvalue weighted by Crippen LogP contribution is -2.59. The number of piperazine rings is 1. The fraction of sp³-hybridized carbons (Fsp3) is 0.344. The van der Waals surface area contributed by atoms with Crippen molar-refractivity contribution in [3.05, 3.63) is 60.7 Å². The lowest BCUT2D eigenvalue weighted by molar-refractivity contribution is 0.0194. The van der Waals surface area contributed by atoms with E-state index < -0.39 is 5.60 Å². The summed E-state index contributed by atoms with van der Waals surface area (Å²) in [5.74, 6) is 3.45. The van der Waals surface area contributed by atoms with E-state index in [0.717, 1.165) is 39.6 Å². The van der Waals surface area contributed by atoms with Crippen LogP contribution in [0.3, 0.4) is 0 Å². The second-order valence-corrected chi connectivity index (χ2v) is 12.2. The van der Waals surface area contributed by atoms with Gasteiger partial charge < -0.3 is 33.9 Å². The zero-order chi connectivity index (χ0) is 30.6. The number of benzene rings is 2. The Bertz CT molecular complexity index is 1900. The molecule has 226 valence electrons. The van der Waals surface area contributed by atoms with E-state index in [9.17, 15) is 4.79 Å². The molecule has 3 aromatic heterocycles. The number of fused-ring (bicyclic) bond motifs is 5. The van der Waals surface area contributed by atoms with Crippen molar-refractivity contribution in [2.24, 2.45) is 7.05 Å². The van der Waals surface area contributed by atoms with Crippen LogP contribution in [0.5, 0.6) is 17.2 Å². The van der Waals surface area contributed by atoms with E-state index in [1.54, 1.807) is 11.2 Å².